The Balaban J connectivity index is 1.67. The summed E-state index contributed by atoms with van der Waals surface area (Å²) in [5.74, 6) is 7.15. The second-order valence-electron chi connectivity index (χ2n) is 12.4. The first-order valence-corrected chi connectivity index (χ1v) is 15.7. The van der Waals surface area contributed by atoms with Crippen molar-refractivity contribution in [1.29, 1.82) is 0 Å². The fraction of sp³-hybridized carbons (Fsp3) is 0.852. The first-order chi connectivity index (χ1) is 13.1. The van der Waals surface area contributed by atoms with Gasteiger partial charge in [0.25, 0.3) is 0 Å². The Hall–Kier alpha value is -0.303. The number of hydrogen-bond acceptors (Lipinski definition) is 0. The lowest BCUT2D eigenvalue weighted by Gasteiger charge is -2.44. The highest BCUT2D eigenvalue weighted by Crippen LogP contribution is 2.63. The van der Waals surface area contributed by atoms with Crippen LogP contribution in [0.4, 0.5) is 0 Å². The van der Waals surface area contributed by atoms with Crippen LogP contribution in [0.5, 0.6) is 0 Å². The summed E-state index contributed by atoms with van der Waals surface area (Å²) in [4.78, 5) is 0. The summed E-state index contributed by atoms with van der Waals surface area (Å²) in [7, 11) is -1.37. The second-order valence-corrected chi connectivity index (χ2v) is 17.5. The molecule has 8 unspecified atom stereocenters. The highest BCUT2D eigenvalue weighted by Gasteiger charge is 2.57. The molecule has 28 heavy (non-hydrogen) atoms. The third-order valence-corrected chi connectivity index (χ3v) is 15.6. The molecular weight excluding hydrogens is 352 g/mol. The van der Waals surface area contributed by atoms with E-state index >= 15 is 0 Å². The predicted octanol–water partition coefficient (Wildman–Crippen LogP) is 8.34. The van der Waals surface area contributed by atoms with Crippen molar-refractivity contribution in [3.05, 3.63) is 23.3 Å². The molecule has 0 N–H and O–H groups in total. The average Bonchev–Trinajstić information content (AvgIpc) is 3.27. The summed E-state index contributed by atoms with van der Waals surface area (Å²) in [5.41, 5.74) is 5.52. The lowest BCUT2D eigenvalue weighted by atomic mass is 9.79. The maximum atomic E-state index is 2.84. The molecule has 4 rings (SSSR count). The second kappa shape index (κ2) is 7.43. The molecule has 3 fully saturated rings. The monoisotopic (exact) mass is 398 g/mol. The Morgan fingerprint density at radius 3 is 1.93 bits per heavy atom. The minimum atomic E-state index is -1.37. The minimum absolute atomic E-state index is 0.839. The van der Waals surface area contributed by atoms with Crippen molar-refractivity contribution in [3.8, 4) is 0 Å². The molecule has 8 atom stereocenters. The summed E-state index contributed by atoms with van der Waals surface area (Å²) in [6.45, 7) is 20.8. The maximum Gasteiger partial charge on any atom is 0.0547 e. The molecule has 0 amide bonds. The van der Waals surface area contributed by atoms with Crippen molar-refractivity contribution in [2.24, 2.45) is 47.3 Å². The molecule has 1 heteroatoms. The zero-order valence-corrected chi connectivity index (χ0v) is 21.0. The van der Waals surface area contributed by atoms with Crippen LogP contribution in [0, 0.1) is 47.3 Å². The fourth-order valence-corrected chi connectivity index (χ4v) is 14.7. The van der Waals surface area contributed by atoms with Gasteiger partial charge in [0.2, 0.25) is 0 Å². The molecule has 0 aromatic carbocycles. The normalized spacial score (nSPS) is 45.8. The van der Waals surface area contributed by atoms with Crippen molar-refractivity contribution in [3.63, 3.8) is 0 Å². The molecule has 0 saturated heterocycles. The third-order valence-electron chi connectivity index (χ3n) is 10.3. The molecule has 3 saturated carbocycles. The molecular formula is C27H46Si. The van der Waals surface area contributed by atoms with E-state index in [-0.39, 0.29) is 0 Å². The zero-order chi connectivity index (χ0) is 20.4. The van der Waals surface area contributed by atoms with E-state index in [1.807, 2.05) is 0 Å². The maximum absolute atomic E-state index is 2.84. The number of rotatable bonds is 4. The molecule has 158 valence electrons. The van der Waals surface area contributed by atoms with Crippen LogP contribution in [0.25, 0.3) is 0 Å². The fourth-order valence-electron chi connectivity index (χ4n) is 8.68. The van der Waals surface area contributed by atoms with Crippen molar-refractivity contribution >= 4 is 8.07 Å². The van der Waals surface area contributed by atoms with E-state index in [0.717, 1.165) is 58.4 Å². The van der Waals surface area contributed by atoms with E-state index in [9.17, 15) is 0 Å². The Kier molecular flexibility index (Phi) is 5.56. The molecule has 0 aromatic heterocycles. The van der Waals surface area contributed by atoms with E-state index in [1.54, 1.807) is 11.1 Å². The SMILES string of the molecule is CC(C)CC1CC([Si](C)(C)C2C(C)C(C)C(C)C2C)C2C=C3CCCC3=CC12. The molecule has 0 aromatic rings. The minimum Gasteiger partial charge on any atom is -0.0773 e. The number of fused-ring (bicyclic) bond motifs is 2. The summed E-state index contributed by atoms with van der Waals surface area (Å²) < 4.78 is 0. The van der Waals surface area contributed by atoms with Gasteiger partial charge in [-0.2, -0.15) is 0 Å². The molecule has 0 spiro atoms. The first-order valence-electron chi connectivity index (χ1n) is 12.5. The Labute approximate surface area is 176 Å². The summed E-state index contributed by atoms with van der Waals surface area (Å²) in [6.07, 6.45) is 12.7. The Morgan fingerprint density at radius 1 is 0.857 bits per heavy atom. The smallest absolute Gasteiger partial charge is 0.0547 e. The van der Waals surface area contributed by atoms with Gasteiger partial charge in [-0.15, -0.1) is 0 Å². The molecule has 4 aliphatic rings. The van der Waals surface area contributed by atoms with Gasteiger partial charge in [-0.25, -0.2) is 0 Å². The number of allylic oxidation sites excluding steroid dienone is 4. The van der Waals surface area contributed by atoms with E-state index < -0.39 is 8.07 Å². The third kappa shape index (κ3) is 3.23. The standard InChI is InChI=1S/C27H46Si/c1-16(2)12-23-15-26(25-14-22-11-9-10-21(22)13-24(23)25)28(7,8)27-19(5)17(3)18(4)20(27)6/h13-14,16-20,23-27H,9-12,15H2,1-8H3. The van der Waals surface area contributed by atoms with Crippen LogP contribution in [-0.2, 0) is 0 Å². The van der Waals surface area contributed by atoms with Crippen LogP contribution >= 0.6 is 0 Å². The van der Waals surface area contributed by atoms with Gasteiger partial charge in [0.05, 0.1) is 8.07 Å². The van der Waals surface area contributed by atoms with Crippen LogP contribution in [0.15, 0.2) is 23.3 Å². The van der Waals surface area contributed by atoms with Crippen molar-refractivity contribution in [2.75, 3.05) is 0 Å². The molecule has 0 nitrogen and oxygen atoms in total. The molecule has 0 radical (unpaired) electrons. The Bertz CT molecular complexity index is 639. The summed E-state index contributed by atoms with van der Waals surface area (Å²) >= 11 is 0. The van der Waals surface area contributed by atoms with Crippen LogP contribution in [0.3, 0.4) is 0 Å². The van der Waals surface area contributed by atoms with Gasteiger partial charge < -0.3 is 0 Å². The van der Waals surface area contributed by atoms with E-state index in [4.69, 9.17) is 0 Å². The van der Waals surface area contributed by atoms with Crippen LogP contribution in [0.1, 0.15) is 73.6 Å². The van der Waals surface area contributed by atoms with Gasteiger partial charge in [0.1, 0.15) is 0 Å². The van der Waals surface area contributed by atoms with Crippen LogP contribution in [-0.4, -0.2) is 8.07 Å². The Morgan fingerprint density at radius 2 is 1.39 bits per heavy atom. The summed E-state index contributed by atoms with van der Waals surface area (Å²) in [5, 5.41) is 0. The quantitative estimate of drug-likeness (QED) is 0.417. The largest absolute Gasteiger partial charge is 0.0773 e. The number of hydrogen-bond donors (Lipinski definition) is 0. The lowest BCUT2D eigenvalue weighted by Crippen LogP contribution is -2.44. The van der Waals surface area contributed by atoms with Gasteiger partial charge in [-0.05, 0) is 102 Å². The van der Waals surface area contributed by atoms with Gasteiger partial charge in [0, 0.05) is 0 Å². The van der Waals surface area contributed by atoms with Crippen molar-refractivity contribution in [1.82, 2.24) is 0 Å². The highest BCUT2D eigenvalue weighted by atomic mass is 28.3. The van der Waals surface area contributed by atoms with Gasteiger partial charge >= 0.3 is 0 Å². The highest BCUT2D eigenvalue weighted by molar-refractivity contribution is 6.80. The predicted molar refractivity (Wildman–Crippen MR) is 126 cm³/mol. The molecule has 4 aliphatic carbocycles. The average molecular weight is 399 g/mol. The van der Waals surface area contributed by atoms with E-state index in [2.05, 4.69) is 66.8 Å². The van der Waals surface area contributed by atoms with Crippen LogP contribution < -0.4 is 0 Å². The summed E-state index contributed by atoms with van der Waals surface area (Å²) in [6, 6.07) is 0. The topological polar surface area (TPSA) is 0 Å². The van der Waals surface area contributed by atoms with Gasteiger partial charge in [-0.1, -0.05) is 66.8 Å². The van der Waals surface area contributed by atoms with Crippen LogP contribution in [0.2, 0.25) is 24.2 Å². The van der Waals surface area contributed by atoms with E-state index in [0.29, 0.717) is 0 Å². The van der Waals surface area contributed by atoms with Crippen molar-refractivity contribution < 1.29 is 0 Å². The van der Waals surface area contributed by atoms with Gasteiger partial charge in [0.15, 0.2) is 0 Å². The molecule has 0 bridgehead atoms. The lowest BCUT2D eigenvalue weighted by molar-refractivity contribution is 0.345. The molecule has 0 aliphatic heterocycles. The van der Waals surface area contributed by atoms with Crippen molar-refractivity contribution in [2.45, 2.75) is 97.8 Å². The first kappa shape index (κ1) is 20.9. The van der Waals surface area contributed by atoms with E-state index in [1.165, 1.54) is 32.1 Å². The molecule has 0 heterocycles. The van der Waals surface area contributed by atoms with Gasteiger partial charge in [-0.3, -0.25) is 0 Å². The zero-order valence-electron chi connectivity index (χ0n) is 20.0.